The fourth-order valence-electron chi connectivity index (χ4n) is 2.49. The molecule has 7 nitrogen and oxygen atoms in total. The van der Waals surface area contributed by atoms with Crippen LogP contribution in [-0.4, -0.2) is 20.8 Å². The van der Waals surface area contributed by atoms with Crippen LogP contribution in [0.3, 0.4) is 0 Å². The van der Waals surface area contributed by atoms with Crippen LogP contribution < -0.4 is 20.1 Å². The number of alkyl halides is 3. The summed E-state index contributed by atoms with van der Waals surface area (Å²) in [7, 11) is -3.88. The number of amides is 2. The molecule has 0 aliphatic rings. The Bertz CT molecular complexity index is 1150. The van der Waals surface area contributed by atoms with Crippen molar-refractivity contribution in [1.29, 1.82) is 0 Å². The third-order valence-corrected chi connectivity index (χ3v) is 5.15. The lowest BCUT2D eigenvalue weighted by atomic mass is 10.3. The highest BCUT2D eigenvalue weighted by Gasteiger charge is 2.31. The molecule has 0 aromatic heterocycles. The van der Waals surface area contributed by atoms with Crippen molar-refractivity contribution >= 4 is 33.1 Å². The number of sulfonamides is 1. The highest BCUT2D eigenvalue weighted by molar-refractivity contribution is 7.92. The minimum Gasteiger partial charge on any atom is -0.406 e. The van der Waals surface area contributed by atoms with Gasteiger partial charge in [-0.25, -0.2) is 13.2 Å². The van der Waals surface area contributed by atoms with Crippen LogP contribution in [-0.2, 0) is 10.0 Å². The summed E-state index contributed by atoms with van der Waals surface area (Å²) in [6.07, 6.45) is -4.81. The molecule has 162 valence electrons. The second-order valence-electron chi connectivity index (χ2n) is 6.15. The van der Waals surface area contributed by atoms with Gasteiger partial charge in [-0.1, -0.05) is 24.3 Å². The molecule has 0 saturated carbocycles. The number of benzene rings is 3. The molecule has 31 heavy (non-hydrogen) atoms. The first-order chi connectivity index (χ1) is 14.6. The molecule has 3 aromatic rings. The molecule has 3 rings (SSSR count). The molecular weight excluding hydrogens is 435 g/mol. The summed E-state index contributed by atoms with van der Waals surface area (Å²) < 4.78 is 67.8. The zero-order chi connectivity index (χ0) is 22.5. The highest BCUT2D eigenvalue weighted by Crippen LogP contribution is 2.24. The van der Waals surface area contributed by atoms with E-state index in [1.54, 1.807) is 30.3 Å². The molecule has 0 fully saturated rings. The molecule has 11 heteroatoms. The molecule has 0 atom stereocenters. The fraction of sp³-hybridized carbons (Fsp3) is 0.0500. The molecule has 0 radical (unpaired) electrons. The average Bonchev–Trinajstić information content (AvgIpc) is 2.69. The van der Waals surface area contributed by atoms with Crippen molar-refractivity contribution in [2.24, 2.45) is 0 Å². The quantitative estimate of drug-likeness (QED) is 0.490. The Hall–Kier alpha value is -3.73. The molecule has 0 aliphatic carbocycles. The van der Waals surface area contributed by atoms with E-state index >= 15 is 0 Å². The predicted molar refractivity (Wildman–Crippen MR) is 109 cm³/mol. The molecule has 0 aliphatic heterocycles. The van der Waals surface area contributed by atoms with Gasteiger partial charge in [0.1, 0.15) is 5.75 Å². The Morgan fingerprint density at radius 1 is 0.774 bits per heavy atom. The number of hydrogen-bond donors (Lipinski definition) is 3. The van der Waals surface area contributed by atoms with Gasteiger partial charge in [0.15, 0.2) is 0 Å². The molecule has 3 N–H and O–H groups in total. The Labute approximate surface area is 175 Å². The summed E-state index contributed by atoms with van der Waals surface area (Å²) in [5.41, 5.74) is 0.795. The van der Waals surface area contributed by atoms with Gasteiger partial charge in [0.25, 0.3) is 10.0 Å². The van der Waals surface area contributed by atoms with Crippen LogP contribution in [0.1, 0.15) is 0 Å². The van der Waals surface area contributed by atoms with Crippen LogP contribution in [0.25, 0.3) is 0 Å². The van der Waals surface area contributed by atoms with E-state index in [0.717, 1.165) is 12.1 Å². The van der Waals surface area contributed by atoms with Crippen LogP contribution in [0, 0.1) is 0 Å². The standard InChI is InChI=1S/C20H16F3N3O4S/c21-20(22,23)30-17-11-9-14(10-12-17)24-19(27)25-16-7-4-8-18(13-16)31(28,29)26-15-5-2-1-3-6-15/h1-13,26H,(H2,24,25,27). The van der Waals surface area contributed by atoms with Crippen molar-refractivity contribution in [3.8, 4) is 5.75 Å². The maximum absolute atomic E-state index is 12.5. The summed E-state index contributed by atoms with van der Waals surface area (Å²) in [5.74, 6) is -0.428. The summed E-state index contributed by atoms with van der Waals surface area (Å²) in [5, 5.41) is 4.89. The Morgan fingerprint density at radius 2 is 1.39 bits per heavy atom. The number of hydrogen-bond acceptors (Lipinski definition) is 4. The van der Waals surface area contributed by atoms with E-state index < -0.39 is 28.2 Å². The van der Waals surface area contributed by atoms with E-state index in [2.05, 4.69) is 20.1 Å². The number of anilines is 3. The number of rotatable bonds is 6. The number of carbonyl (C=O) groups is 1. The van der Waals surface area contributed by atoms with Gasteiger partial charge in [0, 0.05) is 17.1 Å². The van der Waals surface area contributed by atoms with E-state index in [4.69, 9.17) is 0 Å². The first-order valence-corrected chi connectivity index (χ1v) is 10.2. The summed E-state index contributed by atoms with van der Waals surface area (Å²) in [6.45, 7) is 0. The molecule has 0 heterocycles. The predicted octanol–water partition coefficient (Wildman–Crippen LogP) is 5.03. The van der Waals surface area contributed by atoms with Crippen molar-refractivity contribution < 1.29 is 31.1 Å². The van der Waals surface area contributed by atoms with Crippen molar-refractivity contribution in [3.63, 3.8) is 0 Å². The number of nitrogens with one attached hydrogen (secondary N) is 3. The van der Waals surface area contributed by atoms with E-state index in [1.165, 1.54) is 36.4 Å². The van der Waals surface area contributed by atoms with E-state index in [-0.39, 0.29) is 16.3 Å². The highest BCUT2D eigenvalue weighted by atomic mass is 32.2. The fourth-order valence-corrected chi connectivity index (χ4v) is 3.60. The number of para-hydroxylation sites is 1. The maximum Gasteiger partial charge on any atom is 0.573 e. The zero-order valence-corrected chi connectivity index (χ0v) is 16.5. The SMILES string of the molecule is O=C(Nc1ccc(OC(F)(F)F)cc1)Nc1cccc(S(=O)(=O)Nc2ccccc2)c1. The second kappa shape index (κ2) is 8.96. The Morgan fingerprint density at radius 3 is 2.03 bits per heavy atom. The average molecular weight is 451 g/mol. The van der Waals surface area contributed by atoms with Gasteiger partial charge in [-0.2, -0.15) is 0 Å². The van der Waals surface area contributed by atoms with Gasteiger partial charge in [0.2, 0.25) is 0 Å². The number of ether oxygens (including phenoxy) is 1. The number of urea groups is 1. The van der Waals surface area contributed by atoms with Crippen LogP contribution in [0.15, 0.2) is 83.8 Å². The molecular formula is C20H16F3N3O4S. The maximum atomic E-state index is 12.5. The van der Waals surface area contributed by atoms with Crippen molar-refractivity contribution in [2.75, 3.05) is 15.4 Å². The van der Waals surface area contributed by atoms with Crippen LogP contribution >= 0.6 is 0 Å². The van der Waals surface area contributed by atoms with Gasteiger partial charge in [-0.15, -0.1) is 13.2 Å². The van der Waals surface area contributed by atoms with E-state index in [0.29, 0.717) is 5.69 Å². The molecule has 3 aromatic carbocycles. The summed E-state index contributed by atoms with van der Waals surface area (Å²) >= 11 is 0. The van der Waals surface area contributed by atoms with E-state index in [9.17, 15) is 26.4 Å². The molecule has 0 bridgehead atoms. The van der Waals surface area contributed by atoms with Crippen molar-refractivity contribution in [3.05, 3.63) is 78.9 Å². The van der Waals surface area contributed by atoms with Crippen LogP contribution in [0.2, 0.25) is 0 Å². The molecule has 0 saturated heterocycles. The minimum absolute atomic E-state index is 0.0668. The van der Waals surface area contributed by atoms with Gasteiger partial charge in [-0.05, 0) is 54.6 Å². The third-order valence-electron chi connectivity index (χ3n) is 3.77. The molecule has 0 spiro atoms. The second-order valence-corrected chi connectivity index (χ2v) is 7.83. The largest absolute Gasteiger partial charge is 0.573 e. The Kier molecular flexibility index (Phi) is 6.35. The normalized spacial score (nSPS) is 11.5. The minimum atomic E-state index is -4.81. The van der Waals surface area contributed by atoms with Gasteiger partial charge in [0.05, 0.1) is 4.90 Å². The van der Waals surface area contributed by atoms with Crippen LogP contribution in [0.5, 0.6) is 5.75 Å². The topological polar surface area (TPSA) is 96.5 Å². The van der Waals surface area contributed by atoms with Gasteiger partial charge >= 0.3 is 12.4 Å². The lowest BCUT2D eigenvalue weighted by Crippen LogP contribution is -2.20. The molecule has 0 unspecified atom stereocenters. The Balaban J connectivity index is 1.64. The zero-order valence-electron chi connectivity index (χ0n) is 15.7. The monoisotopic (exact) mass is 451 g/mol. The first-order valence-electron chi connectivity index (χ1n) is 8.72. The summed E-state index contributed by atoms with van der Waals surface area (Å²) in [4.78, 5) is 12.1. The first kappa shape index (κ1) is 22.0. The lowest BCUT2D eigenvalue weighted by Gasteiger charge is -2.12. The van der Waals surface area contributed by atoms with E-state index in [1.807, 2.05) is 0 Å². The summed E-state index contributed by atoms with van der Waals surface area (Å²) in [6, 6.07) is 17.7. The number of halogens is 3. The van der Waals surface area contributed by atoms with Gasteiger partial charge in [-0.3, -0.25) is 4.72 Å². The smallest absolute Gasteiger partial charge is 0.406 e. The third kappa shape index (κ3) is 6.64. The number of carbonyl (C=O) groups excluding carboxylic acids is 1. The van der Waals surface area contributed by atoms with Crippen molar-refractivity contribution in [2.45, 2.75) is 11.3 Å². The lowest BCUT2D eigenvalue weighted by molar-refractivity contribution is -0.274. The van der Waals surface area contributed by atoms with Crippen LogP contribution in [0.4, 0.5) is 35.0 Å². The van der Waals surface area contributed by atoms with Crippen molar-refractivity contribution in [1.82, 2.24) is 0 Å². The van der Waals surface area contributed by atoms with Gasteiger partial charge < -0.3 is 15.4 Å². The molecule has 2 amide bonds.